The number of nitrogens with zero attached hydrogens (tertiary/aromatic N) is 5. The van der Waals surface area contributed by atoms with Crippen LogP contribution in [0.5, 0.6) is 0 Å². The number of carbonyl (C=O) groups excluding carboxylic acids is 2. The second-order valence-electron chi connectivity index (χ2n) is 9.44. The minimum absolute atomic E-state index is 0.0573. The Labute approximate surface area is 227 Å². The quantitative estimate of drug-likeness (QED) is 0.313. The Morgan fingerprint density at radius 3 is 2.69 bits per heavy atom. The Hall–Kier alpha value is -4.38. The fourth-order valence-corrected chi connectivity index (χ4v) is 6.10. The molecule has 0 spiro atoms. The number of benzene rings is 2. The van der Waals surface area contributed by atoms with Crippen molar-refractivity contribution >= 4 is 39.9 Å². The van der Waals surface area contributed by atoms with Gasteiger partial charge in [-0.15, -0.1) is 0 Å². The molecule has 1 atom stereocenters. The van der Waals surface area contributed by atoms with E-state index in [1.54, 1.807) is 24.1 Å². The third kappa shape index (κ3) is 4.28. The minimum Gasteiger partial charge on any atom is -0.361 e. The van der Waals surface area contributed by atoms with Crippen LogP contribution in [0.1, 0.15) is 52.3 Å². The van der Waals surface area contributed by atoms with Gasteiger partial charge in [-0.25, -0.2) is 14.4 Å². The Morgan fingerprint density at radius 1 is 1.18 bits per heavy atom. The number of hydrogen-bond acceptors (Lipinski definition) is 7. The zero-order valence-corrected chi connectivity index (χ0v) is 22.4. The predicted octanol–water partition coefficient (Wildman–Crippen LogP) is 5.51. The highest BCUT2D eigenvalue weighted by Crippen LogP contribution is 2.39. The van der Waals surface area contributed by atoms with Gasteiger partial charge in [-0.1, -0.05) is 22.6 Å². The van der Waals surface area contributed by atoms with Crippen LogP contribution in [0.25, 0.3) is 27.3 Å². The molecule has 1 aliphatic heterocycles. The first-order valence-electron chi connectivity index (χ1n) is 12.6. The van der Waals surface area contributed by atoms with Crippen LogP contribution in [-0.4, -0.2) is 38.6 Å². The molecule has 198 valence electrons. The van der Waals surface area contributed by atoms with Gasteiger partial charge in [0.2, 0.25) is 5.91 Å². The molecule has 39 heavy (non-hydrogen) atoms. The maximum Gasteiger partial charge on any atom is 0.262 e. The van der Waals surface area contributed by atoms with Crippen LogP contribution in [0.2, 0.25) is 0 Å². The van der Waals surface area contributed by atoms with Gasteiger partial charge in [0.1, 0.15) is 22.3 Å². The van der Waals surface area contributed by atoms with Gasteiger partial charge < -0.3 is 14.7 Å². The molecule has 1 aliphatic rings. The maximum absolute atomic E-state index is 13.7. The van der Waals surface area contributed by atoms with E-state index in [1.165, 1.54) is 29.7 Å². The highest BCUT2D eigenvalue weighted by Gasteiger charge is 2.35. The van der Waals surface area contributed by atoms with Crippen LogP contribution < -0.4 is 10.2 Å². The molecule has 11 heteroatoms. The number of rotatable bonds is 5. The Morgan fingerprint density at radius 2 is 1.97 bits per heavy atom. The number of hydrogen-bond donors (Lipinski definition) is 1. The molecule has 4 heterocycles. The fraction of sp³-hybridized carbons (Fsp3) is 0.250. The summed E-state index contributed by atoms with van der Waals surface area (Å²) in [4.78, 5) is 37.4. The summed E-state index contributed by atoms with van der Waals surface area (Å²) in [7, 11) is 1.57. The number of halogens is 1. The number of amides is 2. The summed E-state index contributed by atoms with van der Waals surface area (Å²) in [5.41, 5.74) is 4.69. The molecule has 0 aliphatic carbocycles. The molecule has 5 aromatic rings. The molecule has 2 amide bonds. The van der Waals surface area contributed by atoms with Crippen molar-refractivity contribution in [2.24, 2.45) is 0 Å². The molecule has 2 aromatic carbocycles. The third-order valence-corrected chi connectivity index (χ3v) is 7.97. The average Bonchev–Trinajstić information content (AvgIpc) is 3.65. The molecule has 3 aromatic heterocycles. The van der Waals surface area contributed by atoms with E-state index in [0.29, 0.717) is 52.1 Å². The SMILES string of the molecule is CNC(=O)c1cnc(-n2c([C@@H]3CCCC(=O)N3c3ccc(F)cc3)nc3cc(-c4c(C)noc4C)ccc32)s1. The van der Waals surface area contributed by atoms with E-state index in [0.717, 1.165) is 22.3 Å². The summed E-state index contributed by atoms with van der Waals surface area (Å²) in [5, 5.41) is 7.28. The zero-order valence-electron chi connectivity index (χ0n) is 21.6. The lowest BCUT2D eigenvalue weighted by Gasteiger charge is -2.35. The summed E-state index contributed by atoms with van der Waals surface area (Å²) < 4.78 is 21.0. The van der Waals surface area contributed by atoms with Gasteiger partial charge in [0.15, 0.2) is 5.13 Å². The second-order valence-corrected chi connectivity index (χ2v) is 10.5. The largest absolute Gasteiger partial charge is 0.361 e. The molecule has 1 saturated heterocycles. The van der Waals surface area contributed by atoms with Gasteiger partial charge >= 0.3 is 0 Å². The van der Waals surface area contributed by atoms with Crippen molar-refractivity contribution in [3.05, 3.63) is 76.6 Å². The van der Waals surface area contributed by atoms with Crippen LogP contribution >= 0.6 is 11.3 Å². The first kappa shape index (κ1) is 24.9. The van der Waals surface area contributed by atoms with E-state index in [9.17, 15) is 14.0 Å². The molecule has 0 bridgehead atoms. The van der Waals surface area contributed by atoms with Crippen LogP contribution in [0.3, 0.4) is 0 Å². The average molecular weight is 545 g/mol. The molecule has 1 fully saturated rings. The number of imidazole rings is 1. The number of piperidine rings is 1. The van der Waals surface area contributed by atoms with Crippen molar-refractivity contribution in [3.8, 4) is 16.3 Å². The van der Waals surface area contributed by atoms with E-state index in [2.05, 4.69) is 15.5 Å². The highest BCUT2D eigenvalue weighted by atomic mass is 32.1. The van der Waals surface area contributed by atoms with Crippen molar-refractivity contribution in [2.45, 2.75) is 39.2 Å². The molecule has 6 rings (SSSR count). The van der Waals surface area contributed by atoms with Gasteiger partial charge in [0.25, 0.3) is 5.91 Å². The molecule has 0 saturated carbocycles. The smallest absolute Gasteiger partial charge is 0.262 e. The number of anilines is 1. The topological polar surface area (TPSA) is 106 Å². The van der Waals surface area contributed by atoms with Crippen LogP contribution in [0, 0.1) is 19.7 Å². The van der Waals surface area contributed by atoms with Crippen molar-refractivity contribution in [3.63, 3.8) is 0 Å². The number of fused-ring (bicyclic) bond motifs is 1. The van der Waals surface area contributed by atoms with Gasteiger partial charge in [-0.05, 0) is 68.7 Å². The minimum atomic E-state index is -0.418. The van der Waals surface area contributed by atoms with Crippen LogP contribution in [0.4, 0.5) is 10.1 Å². The van der Waals surface area contributed by atoms with E-state index >= 15 is 0 Å². The summed E-state index contributed by atoms with van der Waals surface area (Å²) in [6.07, 6.45) is 3.28. The summed E-state index contributed by atoms with van der Waals surface area (Å²) in [6, 6.07) is 11.4. The molecule has 9 nitrogen and oxygen atoms in total. The first-order valence-corrected chi connectivity index (χ1v) is 13.4. The van der Waals surface area contributed by atoms with Crippen LogP contribution in [-0.2, 0) is 4.79 Å². The van der Waals surface area contributed by atoms with E-state index in [-0.39, 0.29) is 17.6 Å². The predicted molar refractivity (Wildman–Crippen MR) is 146 cm³/mol. The Balaban J connectivity index is 1.56. The summed E-state index contributed by atoms with van der Waals surface area (Å²) >= 11 is 1.24. The number of carbonyl (C=O) groups is 2. The Kier molecular flexibility index (Phi) is 6.22. The van der Waals surface area contributed by atoms with Crippen molar-refractivity contribution in [1.29, 1.82) is 0 Å². The second kappa shape index (κ2) is 9.73. The van der Waals surface area contributed by atoms with Gasteiger partial charge in [-0.3, -0.25) is 14.2 Å². The maximum atomic E-state index is 13.7. The lowest BCUT2D eigenvalue weighted by Crippen LogP contribution is -2.39. The normalized spacial score (nSPS) is 15.7. The van der Waals surface area contributed by atoms with Gasteiger partial charge in [0.05, 0.1) is 29.0 Å². The van der Waals surface area contributed by atoms with E-state index in [4.69, 9.17) is 9.51 Å². The van der Waals surface area contributed by atoms with Crippen LogP contribution in [0.15, 0.2) is 53.2 Å². The molecular weight excluding hydrogens is 519 g/mol. The van der Waals surface area contributed by atoms with Crippen molar-refractivity contribution in [1.82, 2.24) is 25.0 Å². The molecule has 0 unspecified atom stereocenters. The first-order chi connectivity index (χ1) is 18.9. The number of thiazole rings is 1. The standard InChI is InChI=1S/C28H25FN6O3S/c1-15-25(16(2)38-33-15)17-7-12-21-20(13-17)32-26(35(21)28-31-14-23(39-28)27(37)30-3)22-5-4-6-24(36)34(22)19-10-8-18(29)9-11-19/h7-14,22H,4-6H2,1-3H3,(H,30,37)/t22-/m0/s1. The lowest BCUT2D eigenvalue weighted by molar-refractivity contribution is -0.120. The monoisotopic (exact) mass is 544 g/mol. The molecule has 1 N–H and O–H groups in total. The van der Waals surface area contributed by atoms with Gasteiger partial charge in [0, 0.05) is 24.7 Å². The Bertz CT molecular complexity index is 1700. The third-order valence-electron chi connectivity index (χ3n) is 6.99. The van der Waals surface area contributed by atoms with E-state index in [1.807, 2.05) is 36.6 Å². The molecular formula is C28H25FN6O3S. The summed E-state index contributed by atoms with van der Waals surface area (Å²) in [6.45, 7) is 3.76. The number of aryl methyl sites for hydroxylation is 2. The van der Waals surface area contributed by atoms with E-state index < -0.39 is 6.04 Å². The number of aromatic nitrogens is 4. The van der Waals surface area contributed by atoms with Crippen molar-refractivity contribution in [2.75, 3.05) is 11.9 Å². The summed E-state index contributed by atoms with van der Waals surface area (Å²) in [5.74, 6) is 0.672. The molecule has 0 radical (unpaired) electrons. The number of nitrogens with one attached hydrogen (secondary N) is 1. The van der Waals surface area contributed by atoms with Crippen molar-refractivity contribution < 1.29 is 18.5 Å². The van der Waals surface area contributed by atoms with Gasteiger partial charge in [-0.2, -0.15) is 0 Å². The fourth-order valence-electron chi connectivity index (χ4n) is 5.21. The zero-order chi connectivity index (χ0) is 27.3. The lowest BCUT2D eigenvalue weighted by atomic mass is 9.99. The highest BCUT2D eigenvalue weighted by molar-refractivity contribution is 7.16.